The van der Waals surface area contributed by atoms with Gasteiger partial charge in [0.2, 0.25) is 0 Å². The average molecular weight is 326 g/mol. The van der Waals surface area contributed by atoms with Gasteiger partial charge in [-0.05, 0) is 29.0 Å². The number of fused-ring (bicyclic) bond motifs is 1. The van der Waals surface area contributed by atoms with E-state index in [0.29, 0.717) is 10.8 Å². The summed E-state index contributed by atoms with van der Waals surface area (Å²) in [6.45, 7) is -0.387. The van der Waals surface area contributed by atoms with Gasteiger partial charge >= 0.3 is 5.97 Å². The van der Waals surface area contributed by atoms with Gasteiger partial charge in [-0.1, -0.05) is 22.0 Å². The third kappa shape index (κ3) is 2.42. The summed E-state index contributed by atoms with van der Waals surface area (Å²) < 4.78 is 0.783. The van der Waals surface area contributed by atoms with Gasteiger partial charge in [0.05, 0.1) is 12.6 Å². The molecule has 0 heterocycles. The Balaban J connectivity index is 2.88. The molecule has 2 aromatic carbocycles. The van der Waals surface area contributed by atoms with Gasteiger partial charge in [0.25, 0.3) is 0 Å². The monoisotopic (exact) mass is 325 g/mol. The second kappa shape index (κ2) is 5.16. The molecule has 0 saturated heterocycles. The fourth-order valence-electron chi connectivity index (χ4n) is 2.02. The van der Waals surface area contributed by atoms with E-state index >= 15 is 0 Å². The van der Waals surface area contributed by atoms with Gasteiger partial charge in [0, 0.05) is 10.0 Å². The predicted octanol–water partition coefficient (Wildman–Crippen LogP) is 2.00. The lowest BCUT2D eigenvalue weighted by atomic mass is 9.95. The largest absolute Gasteiger partial charge is 0.507 e. The summed E-state index contributed by atoms with van der Waals surface area (Å²) in [5, 5.41) is 29.6. The molecule has 0 amide bonds. The molecular weight excluding hydrogens is 314 g/mol. The highest BCUT2D eigenvalue weighted by Crippen LogP contribution is 2.36. The van der Waals surface area contributed by atoms with Crippen LogP contribution in [0, 0.1) is 0 Å². The van der Waals surface area contributed by atoms with Crippen molar-refractivity contribution in [3.63, 3.8) is 0 Å². The zero-order valence-electron chi connectivity index (χ0n) is 9.80. The average Bonchev–Trinajstić information content (AvgIpc) is 2.37. The number of carboxylic acids is 1. The van der Waals surface area contributed by atoms with Crippen molar-refractivity contribution in [3.8, 4) is 5.75 Å². The molecule has 1 atom stereocenters. The Bertz CT molecular complexity index is 657. The minimum Gasteiger partial charge on any atom is -0.507 e. The van der Waals surface area contributed by atoms with E-state index in [2.05, 4.69) is 15.9 Å². The Labute approximate surface area is 117 Å². The highest BCUT2D eigenvalue weighted by Gasteiger charge is 2.21. The number of benzene rings is 2. The number of hydrogen-bond acceptors (Lipinski definition) is 4. The predicted molar refractivity (Wildman–Crippen MR) is 74.3 cm³/mol. The number of hydrogen-bond donors (Lipinski definition) is 4. The summed E-state index contributed by atoms with van der Waals surface area (Å²) in [5.74, 6) is -1.64. The van der Waals surface area contributed by atoms with Crippen molar-refractivity contribution in [2.24, 2.45) is 5.73 Å². The van der Waals surface area contributed by atoms with Crippen LogP contribution >= 0.6 is 15.9 Å². The van der Waals surface area contributed by atoms with Crippen LogP contribution in [-0.4, -0.2) is 27.9 Å². The maximum absolute atomic E-state index is 11.1. The Morgan fingerprint density at radius 2 is 2.05 bits per heavy atom. The summed E-state index contributed by atoms with van der Waals surface area (Å²) in [6, 6.07) is 5.74. The molecule has 0 aromatic heterocycles. The zero-order valence-corrected chi connectivity index (χ0v) is 11.4. The van der Waals surface area contributed by atoms with E-state index in [-0.39, 0.29) is 17.7 Å². The van der Waals surface area contributed by atoms with E-state index in [9.17, 15) is 9.90 Å². The van der Waals surface area contributed by atoms with Gasteiger partial charge < -0.3 is 21.1 Å². The Morgan fingerprint density at radius 3 is 2.63 bits per heavy atom. The molecule has 2 aromatic rings. The smallest absolute Gasteiger partial charge is 0.339 e. The zero-order chi connectivity index (χ0) is 14.2. The first-order valence-corrected chi connectivity index (χ1v) is 6.30. The van der Waals surface area contributed by atoms with Crippen LogP contribution in [0.5, 0.6) is 5.75 Å². The Hall–Kier alpha value is -1.63. The Morgan fingerprint density at radius 1 is 1.37 bits per heavy atom. The lowest BCUT2D eigenvalue weighted by molar-refractivity contribution is 0.0693. The molecule has 6 heteroatoms. The first kappa shape index (κ1) is 13.8. The van der Waals surface area contributed by atoms with Crippen LogP contribution in [0.4, 0.5) is 0 Å². The van der Waals surface area contributed by atoms with Crippen LogP contribution < -0.4 is 5.73 Å². The van der Waals surface area contributed by atoms with Gasteiger partial charge in [-0.2, -0.15) is 0 Å². The summed E-state index contributed by atoms with van der Waals surface area (Å²) in [4.78, 5) is 11.1. The van der Waals surface area contributed by atoms with Crippen molar-refractivity contribution in [3.05, 3.63) is 39.9 Å². The topological polar surface area (TPSA) is 104 Å². The maximum atomic E-state index is 11.1. The fraction of sp³-hybridized carbons (Fsp3) is 0.154. The number of aromatic carboxylic acids is 1. The van der Waals surface area contributed by atoms with Gasteiger partial charge in [-0.25, -0.2) is 4.79 Å². The number of carboxylic acid groups (broad SMARTS) is 1. The van der Waals surface area contributed by atoms with Crippen LogP contribution in [0.25, 0.3) is 10.8 Å². The fourth-order valence-corrected chi connectivity index (χ4v) is 2.40. The molecule has 0 saturated carbocycles. The van der Waals surface area contributed by atoms with E-state index in [4.69, 9.17) is 15.9 Å². The van der Waals surface area contributed by atoms with E-state index in [1.54, 1.807) is 18.2 Å². The third-order valence-corrected chi connectivity index (χ3v) is 3.41. The van der Waals surface area contributed by atoms with Gasteiger partial charge in [-0.3, -0.25) is 0 Å². The van der Waals surface area contributed by atoms with Crippen LogP contribution in [0.15, 0.2) is 28.7 Å². The number of aliphatic hydroxyl groups is 1. The van der Waals surface area contributed by atoms with Crippen LogP contribution in [0.2, 0.25) is 0 Å². The van der Waals surface area contributed by atoms with Crippen molar-refractivity contribution in [1.29, 1.82) is 0 Å². The Kier molecular flexibility index (Phi) is 3.75. The van der Waals surface area contributed by atoms with Crippen molar-refractivity contribution < 1.29 is 20.1 Å². The number of aliphatic hydroxyl groups excluding tert-OH is 1. The van der Waals surface area contributed by atoms with E-state index in [1.807, 2.05) is 0 Å². The molecule has 0 aliphatic rings. The molecule has 0 bridgehead atoms. The number of rotatable bonds is 3. The van der Waals surface area contributed by atoms with E-state index in [1.165, 1.54) is 6.07 Å². The number of phenols is 1. The molecule has 0 spiro atoms. The molecule has 0 aliphatic heterocycles. The summed E-state index contributed by atoms with van der Waals surface area (Å²) in [6.07, 6.45) is 0. The SMILES string of the molecule is N[C@H](CO)c1c(O)c(C(=O)O)cc2cc(Br)ccc12. The number of halogens is 1. The molecule has 0 aliphatic carbocycles. The maximum Gasteiger partial charge on any atom is 0.339 e. The lowest BCUT2D eigenvalue weighted by Gasteiger charge is -2.16. The van der Waals surface area contributed by atoms with Crippen molar-refractivity contribution in [2.75, 3.05) is 6.61 Å². The molecule has 2 rings (SSSR count). The van der Waals surface area contributed by atoms with E-state index in [0.717, 1.165) is 4.47 Å². The highest BCUT2D eigenvalue weighted by molar-refractivity contribution is 9.10. The summed E-state index contributed by atoms with van der Waals surface area (Å²) in [5.41, 5.74) is 5.76. The standard InChI is InChI=1S/C13H12BrNO4/c14-7-1-2-8-6(3-7)4-9(13(18)19)12(17)11(8)10(15)5-16/h1-4,10,16-17H,5,15H2,(H,18,19)/t10-/m1/s1. The lowest BCUT2D eigenvalue weighted by Crippen LogP contribution is -2.16. The van der Waals surface area contributed by atoms with Crippen molar-refractivity contribution >= 4 is 32.7 Å². The van der Waals surface area contributed by atoms with Crippen LogP contribution in [-0.2, 0) is 0 Å². The van der Waals surface area contributed by atoms with Gasteiger partial charge in [-0.15, -0.1) is 0 Å². The molecule has 100 valence electrons. The minimum atomic E-state index is -1.24. The minimum absolute atomic E-state index is 0.232. The second-order valence-corrected chi connectivity index (χ2v) is 5.06. The molecule has 5 nitrogen and oxygen atoms in total. The van der Waals surface area contributed by atoms with Crippen molar-refractivity contribution in [2.45, 2.75) is 6.04 Å². The molecule has 0 fully saturated rings. The van der Waals surface area contributed by atoms with Crippen molar-refractivity contribution in [1.82, 2.24) is 0 Å². The van der Waals surface area contributed by atoms with Gasteiger partial charge in [0.1, 0.15) is 11.3 Å². The normalized spacial score (nSPS) is 12.6. The van der Waals surface area contributed by atoms with Crippen LogP contribution in [0.1, 0.15) is 22.0 Å². The third-order valence-electron chi connectivity index (χ3n) is 2.91. The number of nitrogens with two attached hydrogens (primary N) is 1. The molecule has 5 N–H and O–H groups in total. The van der Waals surface area contributed by atoms with Gasteiger partial charge in [0.15, 0.2) is 0 Å². The number of carbonyl (C=O) groups is 1. The second-order valence-electron chi connectivity index (χ2n) is 4.15. The van der Waals surface area contributed by atoms with Crippen LogP contribution in [0.3, 0.4) is 0 Å². The first-order valence-electron chi connectivity index (χ1n) is 5.50. The first-order chi connectivity index (χ1) is 8.95. The molecular formula is C13H12BrNO4. The summed E-state index contributed by atoms with van der Waals surface area (Å²) >= 11 is 3.30. The quantitative estimate of drug-likeness (QED) is 0.691. The highest BCUT2D eigenvalue weighted by atomic mass is 79.9. The molecule has 0 radical (unpaired) electrons. The molecule has 0 unspecified atom stereocenters. The summed E-state index contributed by atoms with van der Waals surface area (Å²) in [7, 11) is 0. The number of aromatic hydroxyl groups is 1. The van der Waals surface area contributed by atoms with E-state index < -0.39 is 17.8 Å². The molecule has 19 heavy (non-hydrogen) atoms.